The van der Waals surface area contributed by atoms with Crippen LogP contribution in [-0.2, 0) is 0 Å². The summed E-state index contributed by atoms with van der Waals surface area (Å²) in [7, 11) is 0. The molecule has 1 aromatic heterocycles. The van der Waals surface area contributed by atoms with Crippen LogP contribution in [0.5, 0.6) is 0 Å². The molecule has 0 spiro atoms. The number of hydrazone groups is 1. The molecule has 4 nitrogen and oxygen atoms in total. The first-order valence-electron chi connectivity index (χ1n) is 6.24. The lowest BCUT2D eigenvalue weighted by Crippen LogP contribution is -2.03. The molecule has 1 aromatic carbocycles. The maximum atomic E-state index is 4.32. The Morgan fingerprint density at radius 2 is 1.58 bits per heavy atom. The van der Waals surface area contributed by atoms with E-state index < -0.39 is 0 Å². The van der Waals surface area contributed by atoms with Gasteiger partial charge in [0.25, 0.3) is 0 Å². The zero-order chi connectivity index (χ0) is 13.8. The van der Waals surface area contributed by atoms with E-state index in [1.165, 1.54) is 5.56 Å². The Hall–Kier alpha value is -2.23. The van der Waals surface area contributed by atoms with Crippen molar-refractivity contribution in [1.82, 2.24) is 9.97 Å². The van der Waals surface area contributed by atoms with Crippen LogP contribution in [0.1, 0.15) is 29.4 Å². The molecule has 0 saturated carbocycles. The van der Waals surface area contributed by atoms with E-state index in [0.29, 0.717) is 5.95 Å². The Morgan fingerprint density at radius 3 is 2.16 bits per heavy atom. The van der Waals surface area contributed by atoms with Gasteiger partial charge in [-0.1, -0.05) is 29.8 Å². The van der Waals surface area contributed by atoms with E-state index in [0.717, 1.165) is 22.7 Å². The zero-order valence-corrected chi connectivity index (χ0v) is 11.7. The van der Waals surface area contributed by atoms with Gasteiger partial charge >= 0.3 is 0 Å². The SMILES string of the molecule is C/C(=N/Nc1nc(C)cc(C)n1)c1ccc(C)cc1. The molecule has 2 rings (SSSR count). The fraction of sp³-hybridized carbons (Fsp3) is 0.267. The van der Waals surface area contributed by atoms with Gasteiger partial charge < -0.3 is 0 Å². The highest BCUT2D eigenvalue weighted by atomic mass is 15.4. The summed E-state index contributed by atoms with van der Waals surface area (Å²) < 4.78 is 0. The highest BCUT2D eigenvalue weighted by Crippen LogP contribution is 2.07. The van der Waals surface area contributed by atoms with Gasteiger partial charge in [0.2, 0.25) is 5.95 Å². The monoisotopic (exact) mass is 254 g/mol. The summed E-state index contributed by atoms with van der Waals surface area (Å²) in [6.45, 7) is 7.91. The molecule has 2 aromatic rings. The minimum Gasteiger partial charge on any atom is -0.245 e. The number of rotatable bonds is 3. The Balaban J connectivity index is 2.15. The molecular formula is C15H18N4. The van der Waals surface area contributed by atoms with E-state index >= 15 is 0 Å². The fourth-order valence-electron chi connectivity index (χ4n) is 1.77. The third-order valence-electron chi connectivity index (χ3n) is 2.78. The maximum absolute atomic E-state index is 4.32. The van der Waals surface area contributed by atoms with E-state index in [1.807, 2.05) is 26.8 Å². The van der Waals surface area contributed by atoms with Crippen LogP contribution < -0.4 is 5.43 Å². The molecule has 19 heavy (non-hydrogen) atoms. The van der Waals surface area contributed by atoms with Crippen LogP contribution in [0.3, 0.4) is 0 Å². The van der Waals surface area contributed by atoms with Gasteiger partial charge in [0.05, 0.1) is 5.71 Å². The molecule has 0 saturated heterocycles. The summed E-state index contributed by atoms with van der Waals surface area (Å²) >= 11 is 0. The van der Waals surface area contributed by atoms with Gasteiger partial charge in [0.1, 0.15) is 0 Å². The molecule has 0 aliphatic carbocycles. The van der Waals surface area contributed by atoms with Crippen LogP contribution in [0.15, 0.2) is 35.4 Å². The van der Waals surface area contributed by atoms with Gasteiger partial charge in [-0.25, -0.2) is 15.4 Å². The van der Waals surface area contributed by atoms with Gasteiger partial charge in [-0.05, 0) is 39.3 Å². The van der Waals surface area contributed by atoms with E-state index in [1.54, 1.807) is 0 Å². The topological polar surface area (TPSA) is 50.2 Å². The Bertz CT molecular complexity index is 580. The van der Waals surface area contributed by atoms with Crippen LogP contribution in [0, 0.1) is 20.8 Å². The second kappa shape index (κ2) is 5.61. The Labute approximate surface area is 113 Å². The number of aromatic nitrogens is 2. The van der Waals surface area contributed by atoms with Crippen molar-refractivity contribution in [3.05, 3.63) is 52.8 Å². The lowest BCUT2D eigenvalue weighted by molar-refractivity contribution is 1.03. The van der Waals surface area contributed by atoms with E-state index in [-0.39, 0.29) is 0 Å². The molecule has 0 radical (unpaired) electrons. The molecule has 0 bridgehead atoms. The quantitative estimate of drug-likeness (QED) is 0.675. The summed E-state index contributed by atoms with van der Waals surface area (Å²) in [4.78, 5) is 8.57. The molecule has 0 amide bonds. The normalized spacial score (nSPS) is 11.5. The molecule has 4 heteroatoms. The van der Waals surface area contributed by atoms with Crippen molar-refractivity contribution in [3.8, 4) is 0 Å². The molecule has 0 unspecified atom stereocenters. The van der Waals surface area contributed by atoms with Crippen LogP contribution in [0.25, 0.3) is 0 Å². The van der Waals surface area contributed by atoms with Gasteiger partial charge in [-0.15, -0.1) is 0 Å². The second-order valence-electron chi connectivity index (χ2n) is 4.65. The highest BCUT2D eigenvalue weighted by molar-refractivity contribution is 5.99. The van der Waals surface area contributed by atoms with Crippen molar-refractivity contribution in [3.63, 3.8) is 0 Å². The van der Waals surface area contributed by atoms with Crippen molar-refractivity contribution >= 4 is 11.7 Å². The third kappa shape index (κ3) is 3.61. The molecule has 0 atom stereocenters. The van der Waals surface area contributed by atoms with Crippen LogP contribution in [0.2, 0.25) is 0 Å². The van der Waals surface area contributed by atoms with E-state index in [4.69, 9.17) is 0 Å². The minimum absolute atomic E-state index is 0.531. The average Bonchev–Trinajstić information content (AvgIpc) is 2.36. The summed E-state index contributed by atoms with van der Waals surface area (Å²) in [6.07, 6.45) is 0. The number of nitrogens with zero attached hydrogens (tertiary/aromatic N) is 3. The number of hydrogen-bond donors (Lipinski definition) is 1. The predicted octanol–water partition coefficient (Wildman–Crippen LogP) is 3.24. The van der Waals surface area contributed by atoms with Crippen molar-refractivity contribution in [2.75, 3.05) is 5.43 Å². The first-order chi connectivity index (χ1) is 9.04. The summed E-state index contributed by atoms with van der Waals surface area (Å²) in [5.41, 5.74) is 7.99. The molecule has 0 aliphatic heterocycles. The van der Waals surface area contributed by atoms with E-state index in [9.17, 15) is 0 Å². The van der Waals surface area contributed by atoms with Crippen LogP contribution >= 0.6 is 0 Å². The minimum atomic E-state index is 0.531. The molecule has 98 valence electrons. The van der Waals surface area contributed by atoms with Crippen molar-refractivity contribution in [1.29, 1.82) is 0 Å². The van der Waals surface area contributed by atoms with Crippen molar-refractivity contribution < 1.29 is 0 Å². The predicted molar refractivity (Wildman–Crippen MR) is 78.5 cm³/mol. The second-order valence-corrected chi connectivity index (χ2v) is 4.65. The molecule has 1 N–H and O–H groups in total. The van der Waals surface area contributed by atoms with E-state index in [2.05, 4.69) is 51.7 Å². The number of aryl methyl sites for hydroxylation is 3. The van der Waals surface area contributed by atoms with Crippen LogP contribution in [-0.4, -0.2) is 15.7 Å². The number of nitrogens with one attached hydrogen (secondary N) is 1. The summed E-state index contributed by atoms with van der Waals surface area (Å²) in [6, 6.07) is 10.2. The fourth-order valence-corrected chi connectivity index (χ4v) is 1.77. The average molecular weight is 254 g/mol. The number of benzene rings is 1. The highest BCUT2D eigenvalue weighted by Gasteiger charge is 2.00. The van der Waals surface area contributed by atoms with Crippen molar-refractivity contribution in [2.24, 2.45) is 5.10 Å². The number of hydrogen-bond acceptors (Lipinski definition) is 4. The lowest BCUT2D eigenvalue weighted by atomic mass is 10.1. The first-order valence-corrected chi connectivity index (χ1v) is 6.24. The lowest BCUT2D eigenvalue weighted by Gasteiger charge is -2.04. The van der Waals surface area contributed by atoms with Gasteiger partial charge in [-0.3, -0.25) is 0 Å². The summed E-state index contributed by atoms with van der Waals surface area (Å²) in [5, 5.41) is 4.32. The zero-order valence-electron chi connectivity index (χ0n) is 11.7. The third-order valence-corrected chi connectivity index (χ3v) is 2.78. The van der Waals surface area contributed by atoms with Crippen molar-refractivity contribution in [2.45, 2.75) is 27.7 Å². The standard InChI is InChI=1S/C15H18N4/c1-10-5-7-14(8-6-10)13(4)18-19-15-16-11(2)9-12(3)17-15/h5-9H,1-4H3,(H,16,17,19)/b18-13-. The van der Waals surface area contributed by atoms with Crippen LogP contribution in [0.4, 0.5) is 5.95 Å². The Morgan fingerprint density at radius 1 is 1.00 bits per heavy atom. The molecule has 0 aliphatic rings. The largest absolute Gasteiger partial charge is 0.245 e. The van der Waals surface area contributed by atoms with Gasteiger partial charge in [0.15, 0.2) is 0 Å². The molecular weight excluding hydrogens is 236 g/mol. The maximum Gasteiger partial charge on any atom is 0.243 e. The smallest absolute Gasteiger partial charge is 0.243 e. The van der Waals surface area contributed by atoms with Gasteiger partial charge in [0, 0.05) is 11.4 Å². The van der Waals surface area contributed by atoms with Gasteiger partial charge in [-0.2, -0.15) is 5.10 Å². The number of anilines is 1. The summed E-state index contributed by atoms with van der Waals surface area (Å²) in [5.74, 6) is 0.531. The molecule has 1 heterocycles. The molecule has 0 fully saturated rings. The Kier molecular flexibility index (Phi) is 3.90. The first kappa shape index (κ1) is 13.2.